The smallest absolute Gasteiger partial charge is 0.411 e. The van der Waals surface area contributed by atoms with Crippen LogP contribution in [0.1, 0.15) is 11.1 Å². The zero-order valence-electron chi connectivity index (χ0n) is 14.1. The van der Waals surface area contributed by atoms with Gasteiger partial charge in [-0.15, -0.1) is 10.2 Å². The van der Waals surface area contributed by atoms with Gasteiger partial charge in [-0.3, -0.25) is 9.78 Å². The molecule has 7 nitrogen and oxygen atoms in total. The molecule has 0 bridgehead atoms. The number of pyridine rings is 1. The molecule has 2 heterocycles. The van der Waals surface area contributed by atoms with Crippen LogP contribution in [0.2, 0.25) is 0 Å². The maximum absolute atomic E-state index is 12.6. The summed E-state index contributed by atoms with van der Waals surface area (Å²) >= 11 is 1.01. The van der Waals surface area contributed by atoms with Gasteiger partial charge in [0.15, 0.2) is 0 Å². The van der Waals surface area contributed by atoms with Crippen molar-refractivity contribution in [1.29, 1.82) is 0 Å². The number of amides is 1. The molecular weight excluding hydrogens is 395 g/mol. The second kappa shape index (κ2) is 8.65. The van der Waals surface area contributed by atoms with Gasteiger partial charge in [-0.25, -0.2) is 5.43 Å². The number of nitrogens with one attached hydrogen (secondary N) is 1. The summed E-state index contributed by atoms with van der Waals surface area (Å²) in [7, 11) is 0. The van der Waals surface area contributed by atoms with Gasteiger partial charge in [0.25, 0.3) is 11.1 Å². The molecule has 2 aromatic heterocycles. The maximum Gasteiger partial charge on any atom is 0.416 e. The third kappa shape index (κ3) is 5.39. The van der Waals surface area contributed by atoms with Gasteiger partial charge >= 0.3 is 6.18 Å². The minimum Gasteiger partial charge on any atom is -0.411 e. The molecule has 0 fully saturated rings. The number of rotatable bonds is 6. The first-order valence-corrected chi connectivity index (χ1v) is 8.76. The lowest BCUT2D eigenvalue weighted by atomic mass is 10.1. The number of carbonyl (C=O) groups excluding carboxylic acids is 1. The molecule has 1 N–H and O–H groups in total. The van der Waals surface area contributed by atoms with Crippen LogP contribution in [0.15, 0.2) is 63.5 Å². The first-order chi connectivity index (χ1) is 13.4. The highest BCUT2D eigenvalue weighted by atomic mass is 32.2. The summed E-state index contributed by atoms with van der Waals surface area (Å²) in [6.45, 7) is 0. The van der Waals surface area contributed by atoms with Crippen molar-refractivity contribution in [1.82, 2.24) is 20.6 Å². The lowest BCUT2D eigenvalue weighted by Gasteiger charge is -2.06. The second-order valence-corrected chi connectivity index (χ2v) is 6.24. The number of halogens is 3. The Morgan fingerprint density at radius 3 is 2.75 bits per heavy atom. The molecule has 11 heteroatoms. The first-order valence-electron chi connectivity index (χ1n) is 7.78. The highest BCUT2D eigenvalue weighted by Gasteiger charge is 2.30. The number of aromatic nitrogens is 3. The van der Waals surface area contributed by atoms with Crippen LogP contribution < -0.4 is 5.43 Å². The highest BCUT2D eigenvalue weighted by molar-refractivity contribution is 7.99. The van der Waals surface area contributed by atoms with Gasteiger partial charge in [0.2, 0.25) is 5.89 Å². The Morgan fingerprint density at radius 1 is 1.21 bits per heavy atom. The maximum atomic E-state index is 12.6. The summed E-state index contributed by atoms with van der Waals surface area (Å²) in [5.74, 6) is -0.234. The zero-order valence-corrected chi connectivity index (χ0v) is 14.9. The molecule has 1 aromatic carbocycles. The summed E-state index contributed by atoms with van der Waals surface area (Å²) < 4.78 is 43.4. The summed E-state index contributed by atoms with van der Waals surface area (Å²) in [4.78, 5) is 15.7. The molecular formula is C17H12F3N5O2S. The molecule has 0 saturated heterocycles. The molecule has 0 saturated carbocycles. The third-order valence-electron chi connectivity index (χ3n) is 3.28. The van der Waals surface area contributed by atoms with E-state index in [1.807, 2.05) is 0 Å². The van der Waals surface area contributed by atoms with E-state index in [4.69, 9.17) is 4.42 Å². The molecule has 0 atom stereocenters. The molecule has 0 spiro atoms. The van der Waals surface area contributed by atoms with E-state index in [9.17, 15) is 18.0 Å². The molecule has 28 heavy (non-hydrogen) atoms. The SMILES string of the molecule is O=C(CSc1nnc(-c2ccncc2)o1)N/N=C/c1cccc(C(F)(F)F)c1. The molecule has 0 radical (unpaired) electrons. The molecule has 0 aliphatic heterocycles. The Morgan fingerprint density at radius 2 is 2.00 bits per heavy atom. The number of alkyl halides is 3. The van der Waals surface area contributed by atoms with Crippen LogP contribution >= 0.6 is 11.8 Å². The number of hydrazone groups is 1. The van der Waals surface area contributed by atoms with E-state index in [0.717, 1.165) is 30.1 Å². The van der Waals surface area contributed by atoms with Crippen LogP contribution in [0, 0.1) is 0 Å². The van der Waals surface area contributed by atoms with Crippen LogP contribution in [-0.2, 0) is 11.0 Å². The molecule has 0 aliphatic carbocycles. The number of thioether (sulfide) groups is 1. The Labute approximate surface area is 161 Å². The fourth-order valence-electron chi connectivity index (χ4n) is 2.01. The van der Waals surface area contributed by atoms with Gasteiger partial charge in [-0.05, 0) is 29.8 Å². The van der Waals surface area contributed by atoms with Gasteiger partial charge in [-0.1, -0.05) is 23.9 Å². The van der Waals surface area contributed by atoms with E-state index >= 15 is 0 Å². The van der Waals surface area contributed by atoms with Crippen molar-refractivity contribution < 1.29 is 22.4 Å². The Bertz CT molecular complexity index is 976. The second-order valence-electron chi connectivity index (χ2n) is 5.31. The molecule has 0 aliphatic rings. The van der Waals surface area contributed by atoms with Gasteiger partial charge in [-0.2, -0.15) is 18.3 Å². The zero-order chi connectivity index (χ0) is 20.0. The Kier molecular flexibility index (Phi) is 6.04. The fourth-order valence-corrected chi connectivity index (χ4v) is 2.57. The third-order valence-corrected chi connectivity index (χ3v) is 4.10. The largest absolute Gasteiger partial charge is 0.416 e. The summed E-state index contributed by atoms with van der Waals surface area (Å²) in [6, 6.07) is 8.01. The minimum absolute atomic E-state index is 0.0576. The first kappa shape index (κ1) is 19.5. The topological polar surface area (TPSA) is 93.3 Å². The van der Waals surface area contributed by atoms with Crippen molar-refractivity contribution in [2.75, 3.05) is 5.75 Å². The van der Waals surface area contributed by atoms with Crippen molar-refractivity contribution in [2.45, 2.75) is 11.4 Å². The standard InChI is InChI=1S/C17H12F3N5O2S/c18-17(19,20)13-3-1-2-11(8-13)9-22-23-14(26)10-28-16-25-24-15(27-16)12-4-6-21-7-5-12/h1-9H,10H2,(H,23,26)/b22-9+. The van der Waals surface area contributed by atoms with Crippen LogP contribution in [0.4, 0.5) is 13.2 Å². The number of benzene rings is 1. The average molecular weight is 407 g/mol. The molecule has 1 amide bonds. The number of hydrogen-bond acceptors (Lipinski definition) is 7. The van der Waals surface area contributed by atoms with E-state index in [1.54, 1.807) is 24.5 Å². The lowest BCUT2D eigenvalue weighted by molar-refractivity contribution is -0.137. The van der Waals surface area contributed by atoms with E-state index in [-0.39, 0.29) is 16.5 Å². The van der Waals surface area contributed by atoms with E-state index < -0.39 is 17.6 Å². The Balaban J connectivity index is 1.50. The fraction of sp³-hybridized carbons (Fsp3) is 0.118. The van der Waals surface area contributed by atoms with E-state index in [2.05, 4.69) is 25.7 Å². The average Bonchev–Trinajstić information content (AvgIpc) is 3.16. The normalized spacial score (nSPS) is 11.7. The van der Waals surface area contributed by atoms with Crippen LogP contribution in [0.3, 0.4) is 0 Å². The van der Waals surface area contributed by atoms with Gasteiger partial charge in [0, 0.05) is 18.0 Å². The molecule has 144 valence electrons. The molecule has 3 aromatic rings. The number of nitrogens with zero attached hydrogens (tertiary/aromatic N) is 4. The lowest BCUT2D eigenvalue weighted by Crippen LogP contribution is -2.19. The Hall–Kier alpha value is -3.21. The predicted octanol–water partition coefficient (Wildman–Crippen LogP) is 3.39. The van der Waals surface area contributed by atoms with E-state index in [0.29, 0.717) is 11.5 Å². The quantitative estimate of drug-likeness (QED) is 0.383. The van der Waals surface area contributed by atoms with Crippen LogP contribution in [-0.4, -0.2) is 33.1 Å². The van der Waals surface area contributed by atoms with E-state index in [1.165, 1.54) is 12.1 Å². The number of carbonyl (C=O) groups is 1. The number of hydrogen-bond donors (Lipinski definition) is 1. The monoisotopic (exact) mass is 407 g/mol. The molecule has 3 rings (SSSR count). The van der Waals surface area contributed by atoms with Gasteiger partial charge in [0.1, 0.15) is 0 Å². The van der Waals surface area contributed by atoms with Crippen molar-refractivity contribution >= 4 is 23.9 Å². The van der Waals surface area contributed by atoms with Crippen LogP contribution in [0.25, 0.3) is 11.5 Å². The van der Waals surface area contributed by atoms with Crippen molar-refractivity contribution in [3.63, 3.8) is 0 Å². The van der Waals surface area contributed by atoms with Crippen molar-refractivity contribution in [3.05, 3.63) is 59.9 Å². The van der Waals surface area contributed by atoms with Crippen molar-refractivity contribution in [2.24, 2.45) is 5.10 Å². The molecule has 0 unspecified atom stereocenters. The van der Waals surface area contributed by atoms with Crippen LogP contribution in [0.5, 0.6) is 0 Å². The minimum atomic E-state index is -4.44. The van der Waals surface area contributed by atoms with Gasteiger partial charge in [0.05, 0.1) is 17.5 Å². The highest BCUT2D eigenvalue weighted by Crippen LogP contribution is 2.29. The summed E-state index contributed by atoms with van der Waals surface area (Å²) in [5, 5.41) is 11.6. The van der Waals surface area contributed by atoms with Gasteiger partial charge < -0.3 is 4.42 Å². The predicted molar refractivity (Wildman–Crippen MR) is 95.4 cm³/mol. The summed E-state index contributed by atoms with van der Waals surface area (Å²) in [6.07, 6.45) is -0.140. The van der Waals surface area contributed by atoms with Crippen molar-refractivity contribution in [3.8, 4) is 11.5 Å². The summed E-state index contributed by atoms with van der Waals surface area (Å²) in [5.41, 5.74) is 2.34.